The molecule has 0 fully saturated rings. The topological polar surface area (TPSA) is 56.1 Å². The molecule has 7 heteroatoms. The van der Waals surface area contributed by atoms with Gasteiger partial charge in [0.2, 0.25) is 0 Å². The molecule has 0 atom stereocenters. The van der Waals surface area contributed by atoms with Gasteiger partial charge in [-0.1, -0.05) is 35.9 Å². The molecule has 1 N–H and O–H groups in total. The highest BCUT2D eigenvalue weighted by Gasteiger charge is 2.21. The second-order valence-corrected chi connectivity index (χ2v) is 6.59. The fourth-order valence-corrected chi connectivity index (χ4v) is 3.22. The Labute approximate surface area is 168 Å². The van der Waals surface area contributed by atoms with E-state index in [1.807, 2.05) is 31.2 Å². The summed E-state index contributed by atoms with van der Waals surface area (Å²) in [6.07, 6.45) is 0. The molecule has 5 nitrogen and oxygen atoms in total. The largest absolute Gasteiger partial charge is 0.377 e. The third-order valence-electron chi connectivity index (χ3n) is 4.32. The van der Waals surface area contributed by atoms with Crippen LogP contribution >= 0.6 is 11.6 Å². The van der Waals surface area contributed by atoms with Crippen molar-refractivity contribution < 1.29 is 13.9 Å². The normalized spacial score (nSPS) is 10.9. The Morgan fingerprint density at radius 3 is 2.54 bits per heavy atom. The standard InChI is InChI=1S/C21H21ClFN3O2/c1-3-28-13-16-7-5-4-6-15(16)12-24-21(27)19-14(2)25-26(20(19)22)18-10-8-17(23)9-11-18/h4-11H,3,12-13H2,1-2H3,(H,24,27). The summed E-state index contributed by atoms with van der Waals surface area (Å²) in [5, 5.41) is 7.41. The third-order valence-corrected chi connectivity index (χ3v) is 4.67. The number of hydrogen-bond donors (Lipinski definition) is 1. The molecule has 0 aliphatic carbocycles. The maximum atomic E-state index is 13.2. The SMILES string of the molecule is CCOCc1ccccc1CNC(=O)c1c(C)nn(-c2ccc(F)cc2)c1Cl. The van der Waals surface area contributed by atoms with Crippen LogP contribution in [0.5, 0.6) is 0 Å². The lowest BCUT2D eigenvalue weighted by Crippen LogP contribution is -2.24. The van der Waals surface area contributed by atoms with Crippen LogP contribution in [0.3, 0.4) is 0 Å². The van der Waals surface area contributed by atoms with Crippen LogP contribution in [0.2, 0.25) is 5.15 Å². The van der Waals surface area contributed by atoms with Gasteiger partial charge in [0.05, 0.1) is 23.6 Å². The highest BCUT2D eigenvalue weighted by Crippen LogP contribution is 2.24. The number of nitrogens with one attached hydrogen (secondary N) is 1. The van der Waals surface area contributed by atoms with Crippen LogP contribution in [0.25, 0.3) is 5.69 Å². The minimum Gasteiger partial charge on any atom is -0.377 e. The van der Waals surface area contributed by atoms with Crippen molar-refractivity contribution in [3.05, 3.63) is 81.9 Å². The van der Waals surface area contributed by atoms with Crippen molar-refractivity contribution in [1.29, 1.82) is 0 Å². The molecule has 0 saturated carbocycles. The van der Waals surface area contributed by atoms with Crippen LogP contribution < -0.4 is 5.32 Å². The van der Waals surface area contributed by atoms with E-state index in [9.17, 15) is 9.18 Å². The Morgan fingerprint density at radius 2 is 1.86 bits per heavy atom. The summed E-state index contributed by atoms with van der Waals surface area (Å²) in [6, 6.07) is 13.5. The molecule has 28 heavy (non-hydrogen) atoms. The van der Waals surface area contributed by atoms with Crippen LogP contribution in [-0.4, -0.2) is 22.3 Å². The number of benzene rings is 2. The summed E-state index contributed by atoms with van der Waals surface area (Å²) in [6.45, 7) is 5.11. The first kappa shape index (κ1) is 20.0. The van der Waals surface area contributed by atoms with E-state index in [0.29, 0.717) is 36.7 Å². The molecule has 0 saturated heterocycles. The van der Waals surface area contributed by atoms with Crippen LogP contribution in [-0.2, 0) is 17.9 Å². The minimum atomic E-state index is -0.354. The second kappa shape index (κ2) is 8.99. The van der Waals surface area contributed by atoms with Gasteiger partial charge in [-0.15, -0.1) is 0 Å². The van der Waals surface area contributed by atoms with Gasteiger partial charge < -0.3 is 10.1 Å². The van der Waals surface area contributed by atoms with Gasteiger partial charge in [0, 0.05) is 13.2 Å². The van der Waals surface area contributed by atoms with Gasteiger partial charge >= 0.3 is 0 Å². The van der Waals surface area contributed by atoms with Crippen molar-refractivity contribution in [2.45, 2.75) is 27.0 Å². The molecular weight excluding hydrogens is 381 g/mol. The predicted octanol–water partition coefficient (Wildman–Crippen LogP) is 4.44. The molecule has 0 bridgehead atoms. The van der Waals surface area contributed by atoms with Gasteiger partial charge in [-0.25, -0.2) is 9.07 Å². The molecule has 0 unspecified atom stereocenters. The van der Waals surface area contributed by atoms with E-state index in [1.54, 1.807) is 19.1 Å². The number of ether oxygens (including phenoxy) is 1. The van der Waals surface area contributed by atoms with E-state index in [-0.39, 0.29) is 16.9 Å². The summed E-state index contributed by atoms with van der Waals surface area (Å²) in [4.78, 5) is 12.7. The Balaban J connectivity index is 1.78. The van der Waals surface area contributed by atoms with Crippen LogP contribution in [0, 0.1) is 12.7 Å². The Bertz CT molecular complexity index is 970. The molecule has 2 aromatic carbocycles. The van der Waals surface area contributed by atoms with Crippen molar-refractivity contribution in [1.82, 2.24) is 15.1 Å². The van der Waals surface area contributed by atoms with Gasteiger partial charge in [0.25, 0.3) is 5.91 Å². The number of hydrogen-bond acceptors (Lipinski definition) is 3. The van der Waals surface area contributed by atoms with E-state index in [2.05, 4.69) is 10.4 Å². The lowest BCUT2D eigenvalue weighted by atomic mass is 10.1. The van der Waals surface area contributed by atoms with Crippen LogP contribution in [0.1, 0.15) is 34.1 Å². The van der Waals surface area contributed by atoms with Gasteiger partial charge in [-0.3, -0.25) is 4.79 Å². The van der Waals surface area contributed by atoms with E-state index >= 15 is 0 Å². The molecule has 0 spiro atoms. The van der Waals surface area contributed by atoms with Crippen LogP contribution in [0.4, 0.5) is 4.39 Å². The van der Waals surface area contributed by atoms with Gasteiger partial charge in [-0.05, 0) is 49.2 Å². The Morgan fingerprint density at radius 1 is 1.18 bits per heavy atom. The average molecular weight is 402 g/mol. The van der Waals surface area contributed by atoms with E-state index in [4.69, 9.17) is 16.3 Å². The first-order valence-corrected chi connectivity index (χ1v) is 9.32. The lowest BCUT2D eigenvalue weighted by molar-refractivity contribution is 0.0949. The molecule has 3 aromatic rings. The Hall–Kier alpha value is -2.70. The van der Waals surface area contributed by atoms with E-state index in [1.165, 1.54) is 16.8 Å². The minimum absolute atomic E-state index is 0.184. The summed E-state index contributed by atoms with van der Waals surface area (Å²) in [7, 11) is 0. The number of rotatable bonds is 7. The van der Waals surface area contributed by atoms with Crippen LogP contribution in [0.15, 0.2) is 48.5 Å². The maximum absolute atomic E-state index is 13.2. The molecule has 1 aromatic heterocycles. The number of carbonyl (C=O) groups excluding carboxylic acids is 1. The number of amides is 1. The second-order valence-electron chi connectivity index (χ2n) is 6.23. The molecule has 0 aliphatic rings. The number of nitrogens with zero attached hydrogens (tertiary/aromatic N) is 2. The monoisotopic (exact) mass is 401 g/mol. The average Bonchev–Trinajstić information content (AvgIpc) is 3.00. The number of halogens is 2. The lowest BCUT2D eigenvalue weighted by Gasteiger charge is -2.11. The zero-order valence-corrected chi connectivity index (χ0v) is 16.5. The van der Waals surface area contributed by atoms with Crippen molar-refractivity contribution >= 4 is 17.5 Å². The number of carbonyl (C=O) groups is 1. The highest BCUT2D eigenvalue weighted by molar-refractivity contribution is 6.33. The summed E-state index contributed by atoms with van der Waals surface area (Å²) in [5.74, 6) is -0.672. The van der Waals surface area contributed by atoms with Crippen molar-refractivity contribution in [2.75, 3.05) is 6.61 Å². The van der Waals surface area contributed by atoms with Crippen molar-refractivity contribution in [3.8, 4) is 5.69 Å². The van der Waals surface area contributed by atoms with Crippen molar-refractivity contribution in [2.24, 2.45) is 0 Å². The summed E-state index contributed by atoms with van der Waals surface area (Å²) in [5.41, 5.74) is 3.37. The molecule has 1 heterocycles. The van der Waals surface area contributed by atoms with E-state index in [0.717, 1.165) is 11.1 Å². The smallest absolute Gasteiger partial charge is 0.256 e. The van der Waals surface area contributed by atoms with Gasteiger partial charge in [0.15, 0.2) is 0 Å². The molecule has 0 radical (unpaired) electrons. The van der Waals surface area contributed by atoms with Crippen molar-refractivity contribution in [3.63, 3.8) is 0 Å². The van der Waals surface area contributed by atoms with Gasteiger partial charge in [-0.2, -0.15) is 5.10 Å². The quantitative estimate of drug-likeness (QED) is 0.636. The first-order valence-electron chi connectivity index (χ1n) is 8.95. The fraction of sp³-hybridized carbons (Fsp3) is 0.238. The number of aryl methyl sites for hydroxylation is 1. The summed E-state index contributed by atoms with van der Waals surface area (Å²) < 4.78 is 20.1. The number of aromatic nitrogens is 2. The molecule has 3 rings (SSSR count). The molecule has 1 amide bonds. The third kappa shape index (κ3) is 4.40. The highest BCUT2D eigenvalue weighted by atomic mass is 35.5. The molecule has 146 valence electrons. The zero-order chi connectivity index (χ0) is 20.1. The summed E-state index contributed by atoms with van der Waals surface area (Å²) >= 11 is 6.41. The first-order chi connectivity index (χ1) is 13.5. The fourth-order valence-electron chi connectivity index (χ4n) is 2.86. The molecule has 0 aliphatic heterocycles. The zero-order valence-electron chi connectivity index (χ0n) is 15.7. The Kier molecular flexibility index (Phi) is 6.44. The van der Waals surface area contributed by atoms with Gasteiger partial charge in [0.1, 0.15) is 11.0 Å². The van der Waals surface area contributed by atoms with E-state index < -0.39 is 0 Å². The molecular formula is C21H21ClFN3O2. The maximum Gasteiger partial charge on any atom is 0.256 e. The predicted molar refractivity (Wildman–Crippen MR) is 106 cm³/mol.